The van der Waals surface area contributed by atoms with Crippen molar-refractivity contribution in [2.75, 3.05) is 13.0 Å². The maximum atomic E-state index is 12.2. The van der Waals surface area contributed by atoms with Crippen LogP contribution >= 0.6 is 31.9 Å². The number of benzene rings is 1. The second-order valence-electron chi connectivity index (χ2n) is 7.93. The zero-order valence-electron chi connectivity index (χ0n) is 18.7. The molecular formula is C20H25BBr2N2O9. The predicted octanol–water partition coefficient (Wildman–Crippen LogP) is 2.01. The second kappa shape index (κ2) is 13.4. The monoisotopic (exact) mass is 606 g/mol. The van der Waals surface area contributed by atoms with Gasteiger partial charge in [-0.05, 0) is 40.0 Å². The first-order valence-corrected chi connectivity index (χ1v) is 11.7. The molecule has 2 rings (SSSR count). The van der Waals surface area contributed by atoms with Gasteiger partial charge in [0.05, 0.1) is 31.4 Å². The molecule has 0 bridgehead atoms. The van der Waals surface area contributed by atoms with Gasteiger partial charge in [-0.15, -0.1) is 0 Å². The molecule has 1 fully saturated rings. The molecule has 1 unspecified atom stereocenters. The van der Waals surface area contributed by atoms with Crippen LogP contribution in [0.25, 0.3) is 0 Å². The van der Waals surface area contributed by atoms with Crippen LogP contribution in [0.2, 0.25) is 0 Å². The van der Waals surface area contributed by atoms with Gasteiger partial charge in [-0.3, -0.25) is 19.2 Å². The number of nitrogens with one attached hydrogen (secondary N) is 2. The largest absolute Gasteiger partial charge is 0.548 e. The molecule has 0 spiro atoms. The highest BCUT2D eigenvalue weighted by Gasteiger charge is 2.52. The minimum atomic E-state index is -2.29. The highest BCUT2D eigenvalue weighted by molar-refractivity contribution is 9.11. The smallest absolute Gasteiger partial charge is 0.508 e. The Bertz CT molecular complexity index is 938. The topological polar surface area (TPSA) is 168 Å². The molecule has 4 N–H and O–H groups in total. The summed E-state index contributed by atoms with van der Waals surface area (Å²) >= 11 is 6.47. The van der Waals surface area contributed by atoms with E-state index in [1.807, 2.05) is 0 Å². The molecule has 1 aromatic rings. The molecule has 1 heterocycles. The highest BCUT2D eigenvalue weighted by atomic mass is 79.9. The SMILES string of the molecule is CC(C)C.O=C(O)CC1(C(=O)O)CC(=O)OB(CNC(=O)CNC(=O)c2cc(Br)ccc2Br)O1. The minimum Gasteiger partial charge on any atom is -0.508 e. The molecule has 0 aromatic heterocycles. The number of hydrogen-bond acceptors (Lipinski definition) is 7. The van der Waals surface area contributed by atoms with E-state index in [1.165, 1.54) is 0 Å². The number of aliphatic carboxylic acids is 2. The first-order valence-electron chi connectivity index (χ1n) is 10.1. The summed E-state index contributed by atoms with van der Waals surface area (Å²) in [5.74, 6) is -4.44. The summed E-state index contributed by atoms with van der Waals surface area (Å²) in [4.78, 5) is 58.3. The number of carbonyl (C=O) groups is 5. The van der Waals surface area contributed by atoms with Gasteiger partial charge in [0.15, 0.2) is 5.60 Å². The molecule has 1 aliphatic heterocycles. The lowest BCUT2D eigenvalue weighted by molar-refractivity contribution is -0.174. The summed E-state index contributed by atoms with van der Waals surface area (Å²) in [5, 5.41) is 22.9. The Morgan fingerprint density at radius 1 is 1.15 bits per heavy atom. The molecular weight excluding hydrogens is 583 g/mol. The number of carbonyl (C=O) groups excluding carboxylic acids is 3. The van der Waals surface area contributed by atoms with Gasteiger partial charge in [0, 0.05) is 8.95 Å². The van der Waals surface area contributed by atoms with Crippen LogP contribution in [0.4, 0.5) is 0 Å². The van der Waals surface area contributed by atoms with E-state index in [1.54, 1.807) is 18.2 Å². The van der Waals surface area contributed by atoms with E-state index in [-0.39, 0.29) is 0 Å². The summed E-state index contributed by atoms with van der Waals surface area (Å²) in [5.41, 5.74) is -2.00. The van der Waals surface area contributed by atoms with Gasteiger partial charge in [0.1, 0.15) is 0 Å². The van der Waals surface area contributed by atoms with E-state index in [2.05, 4.69) is 63.3 Å². The Hall–Kier alpha value is -2.45. The minimum absolute atomic E-state index is 0.293. The molecule has 2 amide bonds. The molecule has 1 atom stereocenters. The molecule has 1 aliphatic rings. The Morgan fingerprint density at radius 3 is 2.32 bits per heavy atom. The van der Waals surface area contributed by atoms with Crippen molar-refractivity contribution in [2.45, 2.75) is 39.2 Å². The second-order valence-corrected chi connectivity index (χ2v) is 9.70. The zero-order chi connectivity index (χ0) is 26.1. The summed E-state index contributed by atoms with van der Waals surface area (Å²) in [6.45, 7) is 6.08. The Balaban J connectivity index is 0.00000133. The third-order valence-corrected chi connectivity index (χ3v) is 5.11. The van der Waals surface area contributed by atoms with Crippen LogP contribution in [-0.2, 0) is 28.5 Å². The van der Waals surface area contributed by atoms with Crippen LogP contribution in [0.3, 0.4) is 0 Å². The van der Waals surface area contributed by atoms with Gasteiger partial charge in [-0.1, -0.05) is 36.7 Å². The lowest BCUT2D eigenvalue weighted by Gasteiger charge is -2.34. The van der Waals surface area contributed by atoms with E-state index in [4.69, 9.17) is 14.4 Å². The van der Waals surface area contributed by atoms with E-state index in [0.717, 1.165) is 5.92 Å². The van der Waals surface area contributed by atoms with E-state index < -0.39 is 68.3 Å². The standard InChI is InChI=1S/C16H15BBr2N2O9.C4H10/c18-8-1-2-10(19)9(3-8)14(26)20-6-11(22)21-7-17-29-13(25)5-16(30-17,15(27)28)4-12(23)24;1-4(2)3/h1-3H,4-7H2,(H,20,26)(H,21,22)(H,23,24)(H,27,28);4H,1-3H3. The summed E-state index contributed by atoms with van der Waals surface area (Å²) < 4.78 is 11.2. The van der Waals surface area contributed by atoms with E-state index >= 15 is 0 Å². The number of amides is 2. The number of hydrogen-bond donors (Lipinski definition) is 4. The first-order chi connectivity index (χ1) is 15.8. The van der Waals surface area contributed by atoms with Crippen LogP contribution in [0.1, 0.15) is 44.0 Å². The molecule has 34 heavy (non-hydrogen) atoms. The Morgan fingerprint density at radius 2 is 1.76 bits per heavy atom. The molecule has 11 nitrogen and oxygen atoms in total. The lowest BCUT2D eigenvalue weighted by Crippen LogP contribution is -2.57. The van der Waals surface area contributed by atoms with Crippen molar-refractivity contribution in [2.24, 2.45) is 5.92 Å². The normalized spacial score (nSPS) is 17.2. The van der Waals surface area contributed by atoms with Crippen molar-refractivity contribution in [1.82, 2.24) is 10.6 Å². The fraction of sp³-hybridized carbons (Fsp3) is 0.450. The third-order valence-electron chi connectivity index (χ3n) is 3.92. The molecule has 0 saturated carbocycles. The van der Waals surface area contributed by atoms with Crippen molar-refractivity contribution >= 4 is 68.7 Å². The maximum absolute atomic E-state index is 12.2. The quantitative estimate of drug-likeness (QED) is 0.323. The molecule has 0 radical (unpaired) electrons. The highest BCUT2D eigenvalue weighted by Crippen LogP contribution is 2.27. The fourth-order valence-corrected chi connectivity index (χ4v) is 3.35. The molecule has 0 aliphatic carbocycles. The average molecular weight is 608 g/mol. The average Bonchev–Trinajstić information content (AvgIpc) is 2.70. The van der Waals surface area contributed by atoms with Gasteiger partial charge >= 0.3 is 19.1 Å². The van der Waals surface area contributed by atoms with Gasteiger partial charge in [0.25, 0.3) is 11.9 Å². The van der Waals surface area contributed by atoms with Crippen molar-refractivity contribution in [3.63, 3.8) is 0 Å². The first kappa shape index (κ1) is 29.6. The summed E-state index contributed by atoms with van der Waals surface area (Å²) in [6.07, 6.45) is -2.17. The van der Waals surface area contributed by atoms with E-state index in [0.29, 0.717) is 14.5 Å². The van der Waals surface area contributed by atoms with Gasteiger partial charge in [-0.25, -0.2) is 4.79 Å². The van der Waals surface area contributed by atoms with Crippen LogP contribution in [0, 0.1) is 5.92 Å². The van der Waals surface area contributed by atoms with Crippen LogP contribution in [0.15, 0.2) is 27.1 Å². The van der Waals surface area contributed by atoms with Gasteiger partial charge < -0.3 is 30.2 Å². The maximum Gasteiger partial charge on any atom is 0.548 e. The van der Waals surface area contributed by atoms with Crippen molar-refractivity contribution < 1.29 is 43.5 Å². The summed E-state index contributed by atoms with van der Waals surface area (Å²) in [6, 6.07) is 4.93. The number of carboxylic acids is 2. The predicted molar refractivity (Wildman–Crippen MR) is 128 cm³/mol. The third kappa shape index (κ3) is 9.81. The van der Waals surface area contributed by atoms with Crippen LogP contribution in [0.5, 0.6) is 0 Å². The van der Waals surface area contributed by atoms with Crippen LogP contribution in [-0.4, -0.2) is 65.6 Å². The molecule has 186 valence electrons. The van der Waals surface area contributed by atoms with Crippen LogP contribution < -0.4 is 10.6 Å². The van der Waals surface area contributed by atoms with E-state index in [9.17, 15) is 29.1 Å². The van der Waals surface area contributed by atoms with Crippen molar-refractivity contribution in [1.29, 1.82) is 0 Å². The Kier molecular flexibility index (Phi) is 11.7. The molecule has 14 heteroatoms. The van der Waals surface area contributed by atoms with Gasteiger partial charge in [0.2, 0.25) is 5.91 Å². The summed E-state index contributed by atoms with van der Waals surface area (Å²) in [7, 11) is -1.50. The van der Waals surface area contributed by atoms with Gasteiger partial charge in [-0.2, -0.15) is 0 Å². The molecule has 1 saturated heterocycles. The Labute approximate surface area is 213 Å². The fourth-order valence-electron chi connectivity index (χ4n) is 2.56. The number of rotatable bonds is 8. The molecule has 1 aromatic carbocycles. The van der Waals surface area contributed by atoms with Crippen molar-refractivity contribution in [3.05, 3.63) is 32.7 Å². The zero-order valence-corrected chi connectivity index (χ0v) is 21.9. The lowest BCUT2D eigenvalue weighted by atomic mass is 9.82. The van der Waals surface area contributed by atoms with Crippen molar-refractivity contribution in [3.8, 4) is 0 Å². The number of carboxylic acid groups (broad SMARTS) is 2. The number of halogens is 2.